The Morgan fingerprint density at radius 2 is 1.31 bits per heavy atom. The first-order valence-electron chi connectivity index (χ1n) is 14.5. The molecule has 2 atom stereocenters. The molecule has 202 valence electrons. The predicted molar refractivity (Wildman–Crippen MR) is 178 cm³/mol. The van der Waals surface area contributed by atoms with Crippen LogP contribution >= 0.6 is 11.6 Å². The Kier molecular flexibility index (Phi) is 5.94. The van der Waals surface area contributed by atoms with Gasteiger partial charge in [0.25, 0.3) is 0 Å². The molecule has 8 rings (SSSR count). The Morgan fingerprint density at radius 3 is 2.07 bits per heavy atom. The zero-order valence-corrected chi connectivity index (χ0v) is 24.0. The first-order chi connectivity index (χ1) is 20.7. The first-order valence-corrected chi connectivity index (χ1v) is 14.9. The lowest BCUT2D eigenvalue weighted by atomic mass is 9.87. The van der Waals surface area contributed by atoms with Crippen molar-refractivity contribution in [3.63, 3.8) is 0 Å². The summed E-state index contributed by atoms with van der Waals surface area (Å²) in [7, 11) is 0. The van der Waals surface area contributed by atoms with E-state index in [9.17, 15) is 0 Å². The van der Waals surface area contributed by atoms with Gasteiger partial charge in [0.15, 0.2) is 5.84 Å². The van der Waals surface area contributed by atoms with Gasteiger partial charge in [-0.25, -0.2) is 4.99 Å². The number of hydrogen-bond acceptors (Lipinski definition) is 2. The molecule has 0 fully saturated rings. The van der Waals surface area contributed by atoms with Gasteiger partial charge in [-0.15, -0.1) is 0 Å². The number of halogens is 1. The summed E-state index contributed by atoms with van der Waals surface area (Å²) in [5.41, 5.74) is 4.41. The highest BCUT2D eigenvalue weighted by Gasteiger charge is 2.33. The van der Waals surface area contributed by atoms with Crippen LogP contribution in [0, 0.1) is 5.92 Å². The molecule has 6 aromatic carbocycles. The smallest absolute Gasteiger partial charge is 0.157 e. The van der Waals surface area contributed by atoms with Crippen LogP contribution in [0.15, 0.2) is 137 Å². The monoisotopic (exact) mass is 561 g/mol. The minimum Gasteiger partial charge on any atom is -0.297 e. The Morgan fingerprint density at radius 1 is 0.643 bits per heavy atom. The van der Waals surface area contributed by atoms with Gasteiger partial charge in [0.1, 0.15) is 5.84 Å². The van der Waals surface area contributed by atoms with Crippen LogP contribution < -0.4 is 0 Å². The fraction of sp³-hybridized carbons (Fsp3) is 0.105. The van der Waals surface area contributed by atoms with Crippen molar-refractivity contribution in [2.75, 3.05) is 0 Å². The Balaban J connectivity index is 1.43. The maximum atomic E-state index is 6.66. The van der Waals surface area contributed by atoms with Crippen LogP contribution in [0.2, 0.25) is 5.02 Å². The Bertz CT molecular complexity index is 2210. The van der Waals surface area contributed by atoms with Gasteiger partial charge in [0.05, 0.1) is 17.1 Å². The maximum Gasteiger partial charge on any atom is 0.157 e. The first kappa shape index (κ1) is 25.0. The predicted octanol–water partition coefficient (Wildman–Crippen LogP) is 10.2. The summed E-state index contributed by atoms with van der Waals surface area (Å²) in [5.74, 6) is 1.82. The molecule has 0 saturated heterocycles. The third-order valence-corrected chi connectivity index (χ3v) is 8.84. The van der Waals surface area contributed by atoms with Crippen molar-refractivity contribution in [3.05, 3.63) is 144 Å². The number of benzene rings is 6. The van der Waals surface area contributed by atoms with E-state index in [-0.39, 0.29) is 12.0 Å². The second-order valence-corrected chi connectivity index (χ2v) is 11.5. The lowest BCUT2D eigenvalue weighted by molar-refractivity contribution is 0.523. The van der Waals surface area contributed by atoms with Crippen LogP contribution in [0.25, 0.3) is 43.4 Å². The Hall–Kier alpha value is -4.73. The number of aliphatic imine (C=N–C) groups is 2. The standard InChI is InChI=1S/C38H28ClN3/c1-2-31-36(29-17-16-24-10-6-7-13-26(24)20-29)40-37(25-11-4-3-5-12-25)41-38(31)42-34-22-28-15-9-8-14-27(28)21-33(34)32-19-18-30(39)23-35(32)42/h3-23,31,36H,2H2,1H3. The van der Waals surface area contributed by atoms with Crippen LogP contribution in [0.5, 0.6) is 0 Å². The van der Waals surface area contributed by atoms with Gasteiger partial charge < -0.3 is 0 Å². The second kappa shape index (κ2) is 9.97. The molecule has 0 radical (unpaired) electrons. The van der Waals surface area contributed by atoms with Crippen molar-refractivity contribution in [2.24, 2.45) is 15.9 Å². The van der Waals surface area contributed by atoms with E-state index in [4.69, 9.17) is 21.6 Å². The molecule has 0 bridgehead atoms. The highest BCUT2D eigenvalue weighted by atomic mass is 35.5. The molecular formula is C38H28ClN3. The van der Waals surface area contributed by atoms with Crippen molar-refractivity contribution in [1.82, 2.24) is 4.57 Å². The summed E-state index contributed by atoms with van der Waals surface area (Å²) in [4.78, 5) is 10.7. The summed E-state index contributed by atoms with van der Waals surface area (Å²) in [6, 6.07) is 44.9. The quantitative estimate of drug-likeness (QED) is 0.205. The zero-order valence-electron chi connectivity index (χ0n) is 23.2. The molecule has 1 aliphatic rings. The van der Waals surface area contributed by atoms with Gasteiger partial charge in [-0.05, 0) is 63.9 Å². The second-order valence-electron chi connectivity index (χ2n) is 11.1. The minimum atomic E-state index is -0.0885. The molecule has 7 aromatic rings. The van der Waals surface area contributed by atoms with Gasteiger partial charge in [-0.1, -0.05) is 116 Å². The van der Waals surface area contributed by atoms with E-state index in [0.29, 0.717) is 5.02 Å². The van der Waals surface area contributed by atoms with Gasteiger partial charge in [0.2, 0.25) is 0 Å². The topological polar surface area (TPSA) is 29.6 Å². The number of nitrogens with zero attached hydrogens (tertiary/aromatic N) is 3. The van der Waals surface area contributed by atoms with E-state index in [0.717, 1.165) is 34.7 Å². The highest BCUT2D eigenvalue weighted by Crippen LogP contribution is 2.40. The van der Waals surface area contributed by atoms with Gasteiger partial charge in [0, 0.05) is 27.3 Å². The number of amidine groups is 1. The van der Waals surface area contributed by atoms with Crippen LogP contribution in [-0.2, 0) is 0 Å². The molecule has 2 unspecified atom stereocenters. The largest absolute Gasteiger partial charge is 0.297 e. The van der Waals surface area contributed by atoms with Crippen molar-refractivity contribution in [2.45, 2.75) is 19.4 Å². The lowest BCUT2D eigenvalue weighted by Crippen LogP contribution is -2.32. The number of hydrogen-bond donors (Lipinski definition) is 0. The van der Waals surface area contributed by atoms with Gasteiger partial charge >= 0.3 is 0 Å². The minimum absolute atomic E-state index is 0.0582. The van der Waals surface area contributed by atoms with E-state index in [1.807, 2.05) is 12.1 Å². The maximum absolute atomic E-state index is 6.66. The fourth-order valence-corrected chi connectivity index (χ4v) is 6.72. The van der Waals surface area contributed by atoms with E-state index >= 15 is 0 Å². The number of rotatable bonds is 3. The molecule has 1 aromatic heterocycles. The summed E-state index contributed by atoms with van der Waals surface area (Å²) in [5, 5.41) is 7.96. The lowest BCUT2D eigenvalue weighted by Gasteiger charge is -2.31. The van der Waals surface area contributed by atoms with Gasteiger partial charge in [-0.2, -0.15) is 0 Å². The van der Waals surface area contributed by atoms with Crippen LogP contribution in [0.4, 0.5) is 0 Å². The third-order valence-electron chi connectivity index (χ3n) is 8.61. The summed E-state index contributed by atoms with van der Waals surface area (Å²) < 4.78 is 2.35. The molecule has 0 aliphatic carbocycles. The van der Waals surface area contributed by atoms with Crippen molar-refractivity contribution in [1.29, 1.82) is 0 Å². The summed E-state index contributed by atoms with van der Waals surface area (Å²) in [6.07, 6.45) is 0.886. The molecule has 0 amide bonds. The van der Waals surface area contributed by atoms with E-state index < -0.39 is 0 Å². The molecule has 0 saturated carbocycles. The van der Waals surface area contributed by atoms with Crippen molar-refractivity contribution >= 4 is 66.6 Å². The Labute approximate surface area is 249 Å². The van der Waals surface area contributed by atoms with E-state index in [1.54, 1.807) is 0 Å². The molecule has 1 aliphatic heterocycles. The van der Waals surface area contributed by atoms with Gasteiger partial charge in [-0.3, -0.25) is 9.56 Å². The molecule has 0 spiro atoms. The van der Waals surface area contributed by atoms with Crippen molar-refractivity contribution in [3.8, 4) is 0 Å². The average molecular weight is 562 g/mol. The summed E-state index contributed by atoms with van der Waals surface area (Å²) >= 11 is 6.66. The van der Waals surface area contributed by atoms with Crippen LogP contribution in [0.3, 0.4) is 0 Å². The molecule has 4 heteroatoms. The van der Waals surface area contributed by atoms with Crippen LogP contribution in [0.1, 0.15) is 30.5 Å². The molecular weight excluding hydrogens is 534 g/mol. The molecule has 3 nitrogen and oxygen atoms in total. The van der Waals surface area contributed by atoms with E-state index in [1.165, 1.54) is 37.9 Å². The molecule has 0 N–H and O–H groups in total. The van der Waals surface area contributed by atoms with Crippen LogP contribution in [-0.4, -0.2) is 16.2 Å². The van der Waals surface area contributed by atoms with Crippen molar-refractivity contribution < 1.29 is 0 Å². The number of aromatic nitrogens is 1. The molecule has 2 heterocycles. The summed E-state index contributed by atoms with van der Waals surface area (Å²) in [6.45, 7) is 2.24. The van der Waals surface area contributed by atoms with E-state index in [2.05, 4.69) is 127 Å². The fourth-order valence-electron chi connectivity index (χ4n) is 6.55. The molecule has 42 heavy (non-hydrogen) atoms. The SMILES string of the molecule is CCC1C(n2c3cc(Cl)ccc3c3cc4ccccc4cc32)=NC(c2ccccc2)=NC1c1ccc2ccccc2c1. The average Bonchev–Trinajstić information content (AvgIpc) is 3.35. The normalized spacial score (nSPS) is 17.2. The highest BCUT2D eigenvalue weighted by molar-refractivity contribution is 6.32. The third kappa shape index (κ3) is 4.04. The zero-order chi connectivity index (χ0) is 28.2. The number of fused-ring (bicyclic) bond motifs is 5.